The number of hydrogen-bond acceptors (Lipinski definition) is 9. The van der Waals surface area contributed by atoms with E-state index in [1.54, 1.807) is 25.0 Å². The first-order valence-electron chi connectivity index (χ1n) is 19.9. The normalized spacial score (nSPS) is 23.1. The van der Waals surface area contributed by atoms with Crippen LogP contribution in [-0.2, 0) is 30.3 Å². The average Bonchev–Trinajstić information content (AvgIpc) is 3.77. The lowest BCUT2D eigenvalue weighted by molar-refractivity contribution is -0.151. The fraction of sp³-hybridized carbons (Fsp3) is 0.413. The Hall–Kier alpha value is -5.71. The van der Waals surface area contributed by atoms with Crippen LogP contribution in [-0.4, -0.2) is 77.4 Å². The molecule has 0 radical (unpaired) electrons. The van der Waals surface area contributed by atoms with Crippen LogP contribution >= 0.6 is 0 Å². The van der Waals surface area contributed by atoms with Crippen LogP contribution < -0.4 is 20.1 Å². The quantitative estimate of drug-likeness (QED) is 0.110. The Morgan fingerprint density at radius 2 is 1.81 bits per heavy atom. The molecule has 2 aliphatic heterocycles. The van der Waals surface area contributed by atoms with Gasteiger partial charge in [-0.3, -0.25) is 14.4 Å². The van der Waals surface area contributed by atoms with Crippen LogP contribution in [0.2, 0.25) is 0 Å². The smallest absolute Gasteiger partial charge is 0.332 e. The predicted octanol–water partition coefficient (Wildman–Crippen LogP) is 6.93. The van der Waals surface area contributed by atoms with E-state index in [2.05, 4.69) is 23.3 Å². The number of pyridine rings is 1. The van der Waals surface area contributed by atoms with Gasteiger partial charge in [-0.25, -0.2) is 9.78 Å². The second-order valence-corrected chi connectivity index (χ2v) is 16.4. The van der Waals surface area contributed by atoms with Gasteiger partial charge < -0.3 is 29.7 Å². The lowest BCUT2D eigenvalue weighted by Gasteiger charge is -2.36. The number of para-hydroxylation sites is 1. The summed E-state index contributed by atoms with van der Waals surface area (Å²) in [4.78, 5) is 63.1. The van der Waals surface area contributed by atoms with Crippen molar-refractivity contribution >= 4 is 40.2 Å². The molecule has 11 heteroatoms. The Morgan fingerprint density at radius 1 is 1.05 bits per heavy atom. The number of amides is 2. The van der Waals surface area contributed by atoms with Crippen LogP contribution in [0.3, 0.4) is 0 Å². The zero-order valence-corrected chi connectivity index (χ0v) is 33.4. The average molecular weight is 773 g/mol. The van der Waals surface area contributed by atoms with Gasteiger partial charge in [0.1, 0.15) is 29.2 Å². The number of anilines is 1. The molecular formula is C46H52N4O7. The number of rotatable bonds is 13. The highest BCUT2D eigenvalue weighted by Crippen LogP contribution is 2.46. The molecule has 2 fully saturated rings. The molecule has 0 bridgehead atoms. The number of aromatic nitrogens is 1. The summed E-state index contributed by atoms with van der Waals surface area (Å²) >= 11 is 0. The molecule has 3 aromatic carbocycles. The molecule has 298 valence electrons. The van der Waals surface area contributed by atoms with Crippen molar-refractivity contribution in [3.8, 4) is 22.8 Å². The van der Waals surface area contributed by atoms with Gasteiger partial charge in [-0.2, -0.15) is 0 Å². The SMILES string of the molecule is C=CC1CC1(NC(=O)[C@@H]1C[C@@H](Oc2cc(-c3ccccc3)nc3cc(OC)ccc23)CN1C(=O)C(CC(=O)C1CCc2ccccc2N1)C(C)(C)C)C(=O)OCC. The van der Waals surface area contributed by atoms with E-state index in [1.165, 1.54) is 0 Å². The molecular weight excluding hydrogens is 721 g/mol. The Morgan fingerprint density at radius 3 is 2.51 bits per heavy atom. The van der Waals surface area contributed by atoms with Crippen LogP contribution in [0, 0.1) is 17.3 Å². The molecule has 1 saturated carbocycles. The molecule has 4 unspecified atom stereocenters. The maximum atomic E-state index is 15.0. The number of carbonyl (C=O) groups is 4. The van der Waals surface area contributed by atoms with Gasteiger partial charge in [-0.1, -0.05) is 75.4 Å². The summed E-state index contributed by atoms with van der Waals surface area (Å²) < 4.78 is 17.7. The van der Waals surface area contributed by atoms with Gasteiger partial charge in [0.15, 0.2) is 5.78 Å². The van der Waals surface area contributed by atoms with E-state index in [9.17, 15) is 19.2 Å². The number of methoxy groups -OCH3 is 1. The highest BCUT2D eigenvalue weighted by atomic mass is 16.5. The summed E-state index contributed by atoms with van der Waals surface area (Å²) in [6.07, 6.45) is 2.94. The van der Waals surface area contributed by atoms with Crippen molar-refractivity contribution < 1.29 is 33.4 Å². The van der Waals surface area contributed by atoms with E-state index in [0.717, 1.165) is 28.6 Å². The summed E-state index contributed by atoms with van der Waals surface area (Å²) in [7, 11) is 1.60. The number of Topliss-reactive ketones (excluding diaryl/α,β-unsaturated/α-hetero) is 1. The topological polar surface area (TPSA) is 136 Å². The maximum Gasteiger partial charge on any atom is 0.332 e. The predicted molar refractivity (Wildman–Crippen MR) is 219 cm³/mol. The van der Waals surface area contributed by atoms with Crippen molar-refractivity contribution in [3.05, 3.63) is 97.1 Å². The third-order valence-corrected chi connectivity index (χ3v) is 11.7. The maximum absolute atomic E-state index is 15.0. The zero-order chi connectivity index (χ0) is 40.5. The highest BCUT2D eigenvalue weighted by molar-refractivity contribution is 5.97. The lowest BCUT2D eigenvalue weighted by atomic mass is 9.75. The molecule has 1 aliphatic carbocycles. The number of aryl methyl sites for hydroxylation is 1. The summed E-state index contributed by atoms with van der Waals surface area (Å²) in [5.74, 6) is -1.22. The Kier molecular flexibility index (Phi) is 11.1. The van der Waals surface area contributed by atoms with Crippen LogP contribution in [0.4, 0.5) is 5.69 Å². The van der Waals surface area contributed by atoms with E-state index >= 15 is 0 Å². The molecule has 7 rings (SSSR count). The van der Waals surface area contributed by atoms with Gasteiger partial charge >= 0.3 is 5.97 Å². The summed E-state index contributed by atoms with van der Waals surface area (Å²) in [5.41, 5.74) is 2.47. The fourth-order valence-corrected chi connectivity index (χ4v) is 8.26. The van der Waals surface area contributed by atoms with E-state index in [-0.39, 0.29) is 43.6 Å². The summed E-state index contributed by atoms with van der Waals surface area (Å²) in [6.45, 7) is 11.7. The van der Waals surface area contributed by atoms with E-state index < -0.39 is 46.9 Å². The molecule has 2 N–H and O–H groups in total. The van der Waals surface area contributed by atoms with Crippen molar-refractivity contribution in [3.63, 3.8) is 0 Å². The monoisotopic (exact) mass is 772 g/mol. The van der Waals surface area contributed by atoms with Crippen LogP contribution in [0.25, 0.3) is 22.2 Å². The number of ether oxygens (including phenoxy) is 3. The zero-order valence-electron chi connectivity index (χ0n) is 33.4. The second-order valence-electron chi connectivity index (χ2n) is 16.4. The van der Waals surface area contributed by atoms with Crippen molar-refractivity contribution in [2.45, 2.75) is 83.5 Å². The minimum absolute atomic E-state index is 0.00108. The number of benzene rings is 3. The minimum atomic E-state index is -1.25. The molecule has 2 amide bonds. The molecule has 6 atom stereocenters. The van der Waals surface area contributed by atoms with Crippen molar-refractivity contribution in [2.75, 3.05) is 25.6 Å². The van der Waals surface area contributed by atoms with E-state index in [0.29, 0.717) is 35.6 Å². The molecule has 0 spiro atoms. The van der Waals surface area contributed by atoms with Crippen molar-refractivity contribution in [1.82, 2.24) is 15.2 Å². The number of ketones is 1. The van der Waals surface area contributed by atoms with Crippen LogP contribution in [0.1, 0.15) is 58.9 Å². The van der Waals surface area contributed by atoms with Crippen molar-refractivity contribution in [1.29, 1.82) is 0 Å². The molecule has 11 nitrogen and oxygen atoms in total. The third-order valence-electron chi connectivity index (χ3n) is 11.7. The van der Waals surface area contributed by atoms with Gasteiger partial charge in [-0.15, -0.1) is 6.58 Å². The van der Waals surface area contributed by atoms with E-state index in [1.807, 2.05) is 93.6 Å². The number of nitrogens with one attached hydrogen (secondary N) is 2. The largest absolute Gasteiger partial charge is 0.497 e. The first-order valence-corrected chi connectivity index (χ1v) is 19.9. The van der Waals surface area contributed by atoms with E-state index in [4.69, 9.17) is 19.2 Å². The Labute approximate surface area is 334 Å². The number of carbonyl (C=O) groups excluding carboxylic acids is 4. The molecule has 1 aromatic heterocycles. The lowest BCUT2D eigenvalue weighted by Crippen LogP contribution is -2.55. The molecule has 4 aromatic rings. The molecule has 57 heavy (non-hydrogen) atoms. The van der Waals surface area contributed by atoms with Gasteiger partial charge in [0.25, 0.3) is 0 Å². The highest BCUT2D eigenvalue weighted by Gasteiger charge is 2.62. The number of likely N-dealkylation sites (tertiary alicyclic amines) is 1. The fourth-order valence-electron chi connectivity index (χ4n) is 8.26. The minimum Gasteiger partial charge on any atom is -0.497 e. The standard InChI is InChI=1S/C46H52N4O7/c1-7-30-26-46(30,44(54)56-8-2)49-42(52)39-23-32(57-41-25-37(28-14-10-9-11-15-28)48-38-22-31(55-6)19-20-33(38)41)27-50(39)43(53)34(45(3,4)5)24-40(51)36-21-18-29-16-12-13-17-35(29)47-36/h7,9-17,19-20,22,25,30,32,34,36,39,47H,1,8,18,21,23-24,26-27H2,2-6H3,(H,49,52)/t30?,32-,34?,36?,39+,46?/m1/s1. The molecule has 3 aliphatic rings. The van der Waals surface area contributed by atoms with Gasteiger partial charge in [0.05, 0.1) is 37.5 Å². The van der Waals surface area contributed by atoms with Crippen LogP contribution in [0.15, 0.2) is 91.5 Å². The number of fused-ring (bicyclic) bond motifs is 2. The van der Waals surface area contributed by atoms with Gasteiger partial charge in [0, 0.05) is 53.4 Å². The number of hydrogen-bond donors (Lipinski definition) is 2. The molecule has 1 saturated heterocycles. The summed E-state index contributed by atoms with van der Waals surface area (Å²) in [6, 6.07) is 23.8. The summed E-state index contributed by atoms with van der Waals surface area (Å²) in [5, 5.41) is 7.13. The first kappa shape index (κ1) is 39.5. The Balaban J connectivity index is 1.20. The van der Waals surface area contributed by atoms with Gasteiger partial charge in [0.2, 0.25) is 11.8 Å². The Bertz CT molecular complexity index is 2180. The van der Waals surface area contributed by atoms with Crippen LogP contribution in [0.5, 0.6) is 11.5 Å². The number of nitrogens with zero attached hydrogens (tertiary/aromatic N) is 2. The first-order chi connectivity index (χ1) is 27.3. The van der Waals surface area contributed by atoms with Crippen molar-refractivity contribution in [2.24, 2.45) is 17.3 Å². The van der Waals surface area contributed by atoms with Gasteiger partial charge in [-0.05, 0) is 55.4 Å². The third kappa shape index (κ3) is 8.10. The number of esters is 1. The second kappa shape index (κ2) is 16.0. The molecule has 3 heterocycles.